The first kappa shape index (κ1) is 20.1. The third-order valence-corrected chi connectivity index (χ3v) is 3.86. The number of amides is 1. The fourth-order valence-electron chi connectivity index (χ4n) is 2.77. The number of carbonyl (C=O) groups is 2. The van der Waals surface area contributed by atoms with Crippen LogP contribution >= 0.6 is 0 Å². The van der Waals surface area contributed by atoms with E-state index < -0.39 is 41.1 Å². The summed E-state index contributed by atoms with van der Waals surface area (Å²) in [6.45, 7) is 0.180. The second-order valence-corrected chi connectivity index (χ2v) is 6.02. The van der Waals surface area contributed by atoms with Crippen molar-refractivity contribution in [1.82, 2.24) is 9.80 Å². The second-order valence-electron chi connectivity index (χ2n) is 6.02. The van der Waals surface area contributed by atoms with Gasteiger partial charge in [0.2, 0.25) is 0 Å². The molecule has 1 atom stereocenters. The highest BCUT2D eigenvalue weighted by Gasteiger charge is 2.37. The van der Waals surface area contributed by atoms with Gasteiger partial charge < -0.3 is 14.7 Å². The predicted octanol–water partition coefficient (Wildman–Crippen LogP) is 1.70. The highest BCUT2D eigenvalue weighted by atomic mass is 19.4. The molecule has 1 unspecified atom stereocenters. The molecule has 6 nitrogen and oxygen atoms in total. The van der Waals surface area contributed by atoms with Crippen molar-refractivity contribution < 1.29 is 37.0 Å². The first-order chi connectivity index (χ1) is 12.1. The van der Waals surface area contributed by atoms with Gasteiger partial charge in [-0.15, -0.1) is 0 Å². The van der Waals surface area contributed by atoms with E-state index in [-0.39, 0.29) is 32.8 Å². The molecule has 1 aromatic carbocycles. The van der Waals surface area contributed by atoms with Crippen molar-refractivity contribution in [3.8, 4) is 0 Å². The SMILES string of the molecule is CN(CC(=O)O)CC1CN(C(=O)c2ccc(F)cc2C(F)(F)F)CCO1. The van der Waals surface area contributed by atoms with E-state index in [0.717, 1.165) is 12.1 Å². The van der Waals surface area contributed by atoms with Crippen LogP contribution in [-0.2, 0) is 15.7 Å². The molecule has 0 saturated carbocycles. The van der Waals surface area contributed by atoms with Crippen LogP contribution < -0.4 is 0 Å². The van der Waals surface area contributed by atoms with Crippen molar-refractivity contribution >= 4 is 11.9 Å². The molecular formula is C16H18F4N2O4. The number of rotatable bonds is 5. The number of halogens is 4. The van der Waals surface area contributed by atoms with E-state index in [1.54, 1.807) is 7.05 Å². The lowest BCUT2D eigenvalue weighted by molar-refractivity contribution is -0.139. The number of carboxylic acid groups (broad SMARTS) is 1. The van der Waals surface area contributed by atoms with E-state index in [4.69, 9.17) is 9.84 Å². The van der Waals surface area contributed by atoms with Crippen LogP contribution in [0, 0.1) is 5.82 Å². The number of hydrogen-bond donors (Lipinski definition) is 1. The Balaban J connectivity index is 2.13. The molecule has 1 heterocycles. The van der Waals surface area contributed by atoms with Crippen molar-refractivity contribution in [3.05, 3.63) is 35.1 Å². The molecule has 1 fully saturated rings. The maximum absolute atomic E-state index is 13.2. The molecule has 26 heavy (non-hydrogen) atoms. The van der Waals surface area contributed by atoms with Crippen LogP contribution in [0.1, 0.15) is 15.9 Å². The summed E-state index contributed by atoms with van der Waals surface area (Å²) in [4.78, 5) is 25.9. The minimum atomic E-state index is -4.86. The highest BCUT2D eigenvalue weighted by Crippen LogP contribution is 2.33. The number of aliphatic carboxylic acids is 1. The average Bonchev–Trinajstić information content (AvgIpc) is 2.52. The lowest BCUT2D eigenvalue weighted by Crippen LogP contribution is -2.49. The van der Waals surface area contributed by atoms with Gasteiger partial charge in [-0.25, -0.2) is 4.39 Å². The van der Waals surface area contributed by atoms with Gasteiger partial charge in [-0.3, -0.25) is 14.5 Å². The van der Waals surface area contributed by atoms with Gasteiger partial charge in [-0.1, -0.05) is 0 Å². The number of carbonyl (C=O) groups excluding carboxylic acids is 1. The van der Waals surface area contributed by atoms with E-state index >= 15 is 0 Å². The smallest absolute Gasteiger partial charge is 0.417 e. The maximum atomic E-state index is 13.2. The van der Waals surface area contributed by atoms with Crippen molar-refractivity contribution in [2.24, 2.45) is 0 Å². The molecule has 1 aromatic rings. The normalized spacial score (nSPS) is 18.2. The number of alkyl halides is 3. The summed E-state index contributed by atoms with van der Waals surface area (Å²) >= 11 is 0. The number of likely N-dealkylation sites (N-methyl/N-ethyl adjacent to an activating group) is 1. The topological polar surface area (TPSA) is 70.1 Å². The molecule has 1 N–H and O–H groups in total. The molecule has 1 amide bonds. The minimum absolute atomic E-state index is 0.0114. The van der Waals surface area contributed by atoms with Crippen LogP contribution in [0.2, 0.25) is 0 Å². The van der Waals surface area contributed by atoms with Gasteiger partial charge >= 0.3 is 12.1 Å². The molecule has 0 spiro atoms. The molecular weight excluding hydrogens is 360 g/mol. The molecule has 0 radical (unpaired) electrons. The maximum Gasteiger partial charge on any atom is 0.417 e. The average molecular weight is 378 g/mol. The summed E-state index contributed by atoms with van der Waals surface area (Å²) in [7, 11) is 1.56. The Morgan fingerprint density at radius 2 is 2.08 bits per heavy atom. The third-order valence-electron chi connectivity index (χ3n) is 3.86. The van der Waals surface area contributed by atoms with Gasteiger partial charge in [0.25, 0.3) is 5.91 Å². The Bertz CT molecular complexity index is 681. The molecule has 1 saturated heterocycles. The summed E-state index contributed by atoms with van der Waals surface area (Å²) in [5.74, 6) is -2.98. The summed E-state index contributed by atoms with van der Waals surface area (Å²) < 4.78 is 58.0. The summed E-state index contributed by atoms with van der Waals surface area (Å²) in [5, 5.41) is 8.75. The van der Waals surface area contributed by atoms with Crippen LogP contribution in [0.4, 0.5) is 17.6 Å². The zero-order valence-electron chi connectivity index (χ0n) is 13.9. The zero-order valence-corrected chi connectivity index (χ0v) is 13.9. The lowest BCUT2D eigenvalue weighted by atomic mass is 10.0. The summed E-state index contributed by atoms with van der Waals surface area (Å²) in [5.41, 5.74) is -1.95. The van der Waals surface area contributed by atoms with Gasteiger partial charge in [0.1, 0.15) is 5.82 Å². The van der Waals surface area contributed by atoms with Gasteiger partial charge in [-0.05, 0) is 25.2 Å². The summed E-state index contributed by atoms with van der Waals surface area (Å²) in [6, 6.07) is 1.92. The molecule has 0 aliphatic carbocycles. The molecule has 0 aromatic heterocycles. The zero-order chi connectivity index (χ0) is 19.5. The minimum Gasteiger partial charge on any atom is -0.480 e. The number of morpholine rings is 1. The van der Waals surface area contributed by atoms with E-state index in [2.05, 4.69) is 0 Å². The molecule has 1 aliphatic rings. The van der Waals surface area contributed by atoms with Gasteiger partial charge in [0.15, 0.2) is 0 Å². The Labute approximate surface area is 146 Å². The van der Waals surface area contributed by atoms with E-state index in [1.165, 1.54) is 9.80 Å². The predicted molar refractivity (Wildman–Crippen MR) is 82.2 cm³/mol. The molecule has 144 valence electrons. The Hall–Kier alpha value is -2.20. The van der Waals surface area contributed by atoms with Gasteiger partial charge in [0.05, 0.1) is 30.4 Å². The Morgan fingerprint density at radius 1 is 1.38 bits per heavy atom. The van der Waals surface area contributed by atoms with Crippen molar-refractivity contribution in [1.29, 1.82) is 0 Å². The Morgan fingerprint density at radius 3 is 2.69 bits per heavy atom. The summed E-state index contributed by atoms with van der Waals surface area (Å²) in [6.07, 6.45) is -5.40. The van der Waals surface area contributed by atoms with Crippen molar-refractivity contribution in [2.45, 2.75) is 12.3 Å². The first-order valence-corrected chi connectivity index (χ1v) is 7.76. The number of ether oxygens (including phenoxy) is 1. The van der Waals surface area contributed by atoms with Crippen LogP contribution in [0.3, 0.4) is 0 Å². The van der Waals surface area contributed by atoms with Crippen LogP contribution in [-0.4, -0.2) is 72.7 Å². The molecule has 1 aliphatic heterocycles. The number of carboxylic acids is 1. The largest absolute Gasteiger partial charge is 0.480 e. The van der Waals surface area contributed by atoms with Crippen LogP contribution in [0.25, 0.3) is 0 Å². The van der Waals surface area contributed by atoms with E-state index in [9.17, 15) is 27.2 Å². The quantitative estimate of drug-likeness (QED) is 0.790. The number of nitrogens with zero attached hydrogens (tertiary/aromatic N) is 2. The molecule has 10 heteroatoms. The monoisotopic (exact) mass is 378 g/mol. The lowest BCUT2D eigenvalue weighted by Gasteiger charge is -2.35. The highest BCUT2D eigenvalue weighted by molar-refractivity contribution is 5.96. The van der Waals surface area contributed by atoms with Crippen LogP contribution in [0.15, 0.2) is 18.2 Å². The van der Waals surface area contributed by atoms with Gasteiger partial charge in [-0.2, -0.15) is 13.2 Å². The van der Waals surface area contributed by atoms with Crippen molar-refractivity contribution in [3.63, 3.8) is 0 Å². The Kier molecular flexibility index (Phi) is 6.19. The van der Waals surface area contributed by atoms with Crippen molar-refractivity contribution in [2.75, 3.05) is 39.8 Å². The van der Waals surface area contributed by atoms with E-state index in [1.807, 2.05) is 0 Å². The molecule has 2 rings (SSSR count). The fraction of sp³-hybridized carbons (Fsp3) is 0.500. The van der Waals surface area contributed by atoms with Crippen LogP contribution in [0.5, 0.6) is 0 Å². The number of hydrogen-bond acceptors (Lipinski definition) is 4. The fourth-order valence-corrected chi connectivity index (χ4v) is 2.77. The van der Waals surface area contributed by atoms with Gasteiger partial charge in [0, 0.05) is 19.6 Å². The third kappa shape index (κ3) is 5.15. The first-order valence-electron chi connectivity index (χ1n) is 7.76. The second kappa shape index (κ2) is 8.00. The number of benzene rings is 1. The van der Waals surface area contributed by atoms with E-state index in [0.29, 0.717) is 6.07 Å². The molecule has 0 bridgehead atoms. The standard InChI is InChI=1S/C16H18F4N2O4/c1-21(9-14(23)24)7-11-8-22(4-5-26-11)15(25)12-3-2-10(17)6-13(12)16(18,19)20/h2-3,6,11H,4-5,7-9H2,1H3,(H,23,24).